The van der Waals surface area contributed by atoms with Crippen LogP contribution >= 0.6 is 0 Å². The van der Waals surface area contributed by atoms with Crippen molar-refractivity contribution in [1.82, 2.24) is 15.1 Å². The molecular weight excluding hydrogens is 278 g/mol. The number of carbonyl (C=O) groups excluding carboxylic acids is 2. The van der Waals surface area contributed by atoms with Gasteiger partial charge in [-0.1, -0.05) is 30.3 Å². The molecule has 1 atom stereocenters. The minimum absolute atomic E-state index is 0.109. The molecule has 0 aromatic heterocycles. The predicted octanol–water partition coefficient (Wildman–Crippen LogP) is 1.42. The van der Waals surface area contributed by atoms with Gasteiger partial charge in [0, 0.05) is 26.6 Å². The minimum Gasteiger partial charge on any atom is -0.349 e. The van der Waals surface area contributed by atoms with E-state index in [1.807, 2.05) is 35.2 Å². The van der Waals surface area contributed by atoms with Crippen LogP contribution in [0.5, 0.6) is 0 Å². The number of likely N-dealkylation sites (N-methyl/N-ethyl adjacent to an activating group) is 1. The van der Waals surface area contributed by atoms with Crippen molar-refractivity contribution in [2.45, 2.75) is 25.8 Å². The summed E-state index contributed by atoms with van der Waals surface area (Å²) in [7, 11) is 2.08. The van der Waals surface area contributed by atoms with Gasteiger partial charge in [-0.3, -0.25) is 9.59 Å². The van der Waals surface area contributed by atoms with E-state index in [2.05, 4.69) is 17.3 Å². The molecule has 1 heterocycles. The number of rotatable bonds is 4. The van der Waals surface area contributed by atoms with E-state index in [1.165, 1.54) is 6.92 Å². The maximum atomic E-state index is 12.6. The zero-order valence-corrected chi connectivity index (χ0v) is 13.4. The lowest BCUT2D eigenvalue weighted by Gasteiger charge is -2.24. The molecule has 1 aromatic carbocycles. The zero-order chi connectivity index (χ0) is 15.9. The Hall–Kier alpha value is -1.88. The van der Waals surface area contributed by atoms with Gasteiger partial charge in [0.2, 0.25) is 11.8 Å². The van der Waals surface area contributed by atoms with Gasteiger partial charge in [0.1, 0.15) is 0 Å². The third kappa shape index (κ3) is 4.84. The van der Waals surface area contributed by atoms with Crippen LogP contribution in [-0.2, 0) is 9.59 Å². The summed E-state index contributed by atoms with van der Waals surface area (Å²) in [5.41, 5.74) is 0.970. The Morgan fingerprint density at radius 2 is 1.86 bits per heavy atom. The van der Waals surface area contributed by atoms with Crippen molar-refractivity contribution < 1.29 is 9.59 Å². The second kappa shape index (κ2) is 7.94. The fourth-order valence-corrected chi connectivity index (χ4v) is 2.78. The maximum absolute atomic E-state index is 12.6. The summed E-state index contributed by atoms with van der Waals surface area (Å²) < 4.78 is 0. The third-order valence-electron chi connectivity index (χ3n) is 4.03. The Bertz CT molecular complexity index is 504. The highest BCUT2D eigenvalue weighted by Crippen LogP contribution is 2.18. The first kappa shape index (κ1) is 16.5. The van der Waals surface area contributed by atoms with Crippen molar-refractivity contribution in [2.24, 2.45) is 0 Å². The molecule has 0 saturated carbocycles. The summed E-state index contributed by atoms with van der Waals surface area (Å²) in [5, 5.41) is 2.89. The SMILES string of the molecule is CC(=O)N[C@@H](CC(=O)N1CCCN(C)CC1)c1ccccc1. The highest BCUT2D eigenvalue weighted by Gasteiger charge is 2.22. The fraction of sp³-hybridized carbons (Fsp3) is 0.529. The minimum atomic E-state index is -0.257. The van der Waals surface area contributed by atoms with Crippen molar-refractivity contribution in [2.75, 3.05) is 33.2 Å². The number of nitrogens with one attached hydrogen (secondary N) is 1. The van der Waals surface area contributed by atoms with Gasteiger partial charge < -0.3 is 15.1 Å². The number of hydrogen-bond donors (Lipinski definition) is 1. The predicted molar refractivity (Wildman–Crippen MR) is 86.3 cm³/mol. The Balaban J connectivity index is 2.03. The van der Waals surface area contributed by atoms with Gasteiger partial charge in [-0.15, -0.1) is 0 Å². The van der Waals surface area contributed by atoms with Crippen molar-refractivity contribution in [1.29, 1.82) is 0 Å². The van der Waals surface area contributed by atoms with Crippen LogP contribution in [-0.4, -0.2) is 54.8 Å². The highest BCUT2D eigenvalue weighted by molar-refractivity contribution is 5.79. The first-order valence-electron chi connectivity index (χ1n) is 7.84. The molecule has 2 rings (SSSR count). The van der Waals surface area contributed by atoms with Crippen molar-refractivity contribution in [3.8, 4) is 0 Å². The molecule has 0 bridgehead atoms. The van der Waals surface area contributed by atoms with E-state index in [4.69, 9.17) is 0 Å². The number of nitrogens with zero attached hydrogens (tertiary/aromatic N) is 2. The summed E-state index contributed by atoms with van der Waals surface area (Å²) in [4.78, 5) is 28.2. The topological polar surface area (TPSA) is 52.7 Å². The third-order valence-corrected chi connectivity index (χ3v) is 4.03. The van der Waals surface area contributed by atoms with Crippen LogP contribution in [0, 0.1) is 0 Å². The second-order valence-electron chi connectivity index (χ2n) is 5.91. The summed E-state index contributed by atoms with van der Waals surface area (Å²) in [6, 6.07) is 9.42. The number of benzene rings is 1. The Morgan fingerprint density at radius 1 is 1.14 bits per heavy atom. The summed E-state index contributed by atoms with van der Waals surface area (Å²) in [6.07, 6.45) is 1.31. The molecule has 120 valence electrons. The van der Waals surface area contributed by atoms with Crippen LogP contribution in [0.2, 0.25) is 0 Å². The van der Waals surface area contributed by atoms with E-state index >= 15 is 0 Å². The smallest absolute Gasteiger partial charge is 0.225 e. The number of hydrogen-bond acceptors (Lipinski definition) is 3. The average Bonchev–Trinajstić information content (AvgIpc) is 2.72. The molecule has 1 aromatic rings. The summed E-state index contributed by atoms with van der Waals surface area (Å²) in [5.74, 6) is -0.00449. The van der Waals surface area contributed by atoms with Crippen LogP contribution in [0.1, 0.15) is 31.4 Å². The van der Waals surface area contributed by atoms with Gasteiger partial charge in [-0.05, 0) is 25.6 Å². The Morgan fingerprint density at radius 3 is 2.55 bits per heavy atom. The molecule has 0 radical (unpaired) electrons. The molecule has 1 aliphatic rings. The molecule has 0 aliphatic carbocycles. The van der Waals surface area contributed by atoms with Crippen molar-refractivity contribution in [3.05, 3.63) is 35.9 Å². The molecule has 0 unspecified atom stereocenters. The molecule has 1 saturated heterocycles. The first-order valence-corrected chi connectivity index (χ1v) is 7.84. The van der Waals surface area contributed by atoms with E-state index in [0.717, 1.165) is 38.2 Å². The van der Waals surface area contributed by atoms with Gasteiger partial charge >= 0.3 is 0 Å². The van der Waals surface area contributed by atoms with E-state index in [0.29, 0.717) is 6.42 Å². The van der Waals surface area contributed by atoms with Crippen LogP contribution < -0.4 is 5.32 Å². The van der Waals surface area contributed by atoms with Gasteiger partial charge in [0.25, 0.3) is 0 Å². The standard InChI is InChI=1S/C17H25N3O2/c1-14(21)18-16(15-7-4-3-5-8-15)13-17(22)20-10-6-9-19(2)11-12-20/h3-5,7-8,16H,6,9-13H2,1-2H3,(H,18,21)/t16-/m0/s1. The summed E-state index contributed by atoms with van der Waals surface area (Å²) >= 11 is 0. The molecule has 5 nitrogen and oxygen atoms in total. The van der Waals surface area contributed by atoms with Gasteiger partial charge in [0.15, 0.2) is 0 Å². The number of carbonyl (C=O) groups is 2. The zero-order valence-electron chi connectivity index (χ0n) is 13.4. The van der Waals surface area contributed by atoms with Crippen LogP contribution in [0.3, 0.4) is 0 Å². The highest BCUT2D eigenvalue weighted by atomic mass is 16.2. The lowest BCUT2D eigenvalue weighted by atomic mass is 10.0. The average molecular weight is 303 g/mol. The van der Waals surface area contributed by atoms with Gasteiger partial charge in [-0.25, -0.2) is 0 Å². The monoisotopic (exact) mass is 303 g/mol. The fourth-order valence-electron chi connectivity index (χ4n) is 2.78. The normalized spacial score (nSPS) is 17.6. The lowest BCUT2D eigenvalue weighted by molar-refractivity contribution is -0.131. The maximum Gasteiger partial charge on any atom is 0.225 e. The van der Waals surface area contributed by atoms with E-state index in [1.54, 1.807) is 0 Å². The Labute approximate surface area is 132 Å². The summed E-state index contributed by atoms with van der Waals surface area (Å²) in [6.45, 7) is 4.97. The first-order chi connectivity index (χ1) is 10.6. The van der Waals surface area contributed by atoms with Crippen molar-refractivity contribution in [3.63, 3.8) is 0 Å². The number of amides is 2. The van der Waals surface area contributed by atoms with E-state index in [9.17, 15) is 9.59 Å². The van der Waals surface area contributed by atoms with Crippen LogP contribution in [0.25, 0.3) is 0 Å². The van der Waals surface area contributed by atoms with E-state index < -0.39 is 0 Å². The molecule has 0 spiro atoms. The lowest BCUT2D eigenvalue weighted by Crippen LogP contribution is -2.37. The van der Waals surface area contributed by atoms with Crippen LogP contribution in [0.4, 0.5) is 0 Å². The second-order valence-corrected chi connectivity index (χ2v) is 5.91. The molecule has 1 aliphatic heterocycles. The van der Waals surface area contributed by atoms with Crippen molar-refractivity contribution >= 4 is 11.8 Å². The van der Waals surface area contributed by atoms with Gasteiger partial charge in [0.05, 0.1) is 12.5 Å². The molecule has 22 heavy (non-hydrogen) atoms. The molecule has 1 fully saturated rings. The quantitative estimate of drug-likeness (QED) is 0.915. The molecule has 2 amide bonds. The Kier molecular flexibility index (Phi) is 5.95. The molecule has 5 heteroatoms. The molecular formula is C17H25N3O2. The largest absolute Gasteiger partial charge is 0.349 e. The molecule has 1 N–H and O–H groups in total. The van der Waals surface area contributed by atoms with Gasteiger partial charge in [-0.2, -0.15) is 0 Å². The van der Waals surface area contributed by atoms with E-state index in [-0.39, 0.29) is 17.9 Å². The van der Waals surface area contributed by atoms with Crippen LogP contribution in [0.15, 0.2) is 30.3 Å².